The zero-order valence-electron chi connectivity index (χ0n) is 8.54. The summed E-state index contributed by atoms with van der Waals surface area (Å²) in [4.78, 5) is 2.58. The van der Waals surface area contributed by atoms with Crippen LogP contribution in [0.4, 0.5) is 0 Å². The molecule has 0 saturated carbocycles. The molecule has 1 aliphatic heterocycles. The largest absolute Gasteiger partial charge is 0.296 e. The Bertz CT molecular complexity index is 311. The fraction of sp³-hybridized carbons (Fsp3) is 0.500. The lowest BCUT2D eigenvalue weighted by Crippen LogP contribution is -2.36. The molecule has 1 aromatic carbocycles. The van der Waals surface area contributed by atoms with Crippen molar-refractivity contribution in [2.75, 3.05) is 17.5 Å². The smallest absolute Gasteiger partial charge is 0.0440 e. The summed E-state index contributed by atoms with van der Waals surface area (Å²) in [7, 11) is 0. The number of halogens is 1. The van der Waals surface area contributed by atoms with E-state index in [1.165, 1.54) is 23.9 Å². The first-order valence-electron chi connectivity index (χ1n) is 5.24. The molecule has 0 saturated heterocycles. The van der Waals surface area contributed by atoms with Crippen LogP contribution >= 0.6 is 22.6 Å². The lowest BCUT2D eigenvalue weighted by molar-refractivity contribution is 0.215. The third-order valence-electron chi connectivity index (χ3n) is 3.08. The van der Waals surface area contributed by atoms with Crippen molar-refractivity contribution in [3.8, 4) is 0 Å². The minimum absolute atomic E-state index is 0.644. The van der Waals surface area contributed by atoms with Crippen molar-refractivity contribution >= 4 is 22.6 Å². The molecular formula is C12H16IN. The first kappa shape index (κ1) is 10.4. The highest BCUT2D eigenvalue weighted by atomic mass is 127. The van der Waals surface area contributed by atoms with Crippen LogP contribution in [0.15, 0.2) is 24.3 Å². The van der Waals surface area contributed by atoms with Crippen LogP contribution in [0.2, 0.25) is 0 Å². The highest BCUT2D eigenvalue weighted by Crippen LogP contribution is 2.30. The average Bonchev–Trinajstić information content (AvgIpc) is 2.27. The number of hydrogen-bond donors (Lipinski definition) is 0. The number of nitrogens with zero attached hydrogens (tertiary/aromatic N) is 1. The van der Waals surface area contributed by atoms with Gasteiger partial charge in [0.1, 0.15) is 0 Å². The molecule has 2 rings (SSSR count). The number of fused-ring (bicyclic) bond motifs is 1. The van der Waals surface area contributed by atoms with Crippen LogP contribution in [0.25, 0.3) is 0 Å². The number of hydrogen-bond acceptors (Lipinski definition) is 1. The van der Waals surface area contributed by atoms with E-state index in [0.717, 1.165) is 0 Å². The second kappa shape index (κ2) is 4.62. The third-order valence-corrected chi connectivity index (χ3v) is 3.91. The zero-order chi connectivity index (χ0) is 9.97. The van der Waals surface area contributed by atoms with E-state index in [1.807, 2.05) is 0 Å². The Morgan fingerprint density at radius 1 is 1.43 bits per heavy atom. The molecular weight excluding hydrogens is 285 g/mol. The Morgan fingerprint density at radius 3 is 2.93 bits per heavy atom. The van der Waals surface area contributed by atoms with Crippen LogP contribution in [-0.2, 0) is 6.42 Å². The summed E-state index contributed by atoms with van der Waals surface area (Å²) >= 11 is 2.50. The molecule has 0 aliphatic carbocycles. The maximum Gasteiger partial charge on any atom is 0.0440 e. The normalized spacial score (nSPS) is 22.0. The first-order chi connectivity index (χ1) is 6.86. The van der Waals surface area contributed by atoms with Gasteiger partial charge in [0, 0.05) is 17.0 Å². The van der Waals surface area contributed by atoms with Crippen molar-refractivity contribution in [2.45, 2.75) is 19.4 Å². The highest BCUT2D eigenvalue weighted by molar-refractivity contribution is 14.1. The Hall–Kier alpha value is -0.0900. The second-order valence-corrected chi connectivity index (χ2v) is 4.63. The molecule has 14 heavy (non-hydrogen) atoms. The molecule has 0 fully saturated rings. The van der Waals surface area contributed by atoms with E-state index in [2.05, 4.69) is 58.7 Å². The minimum atomic E-state index is 0.644. The van der Waals surface area contributed by atoms with E-state index in [4.69, 9.17) is 0 Å². The van der Waals surface area contributed by atoms with Crippen LogP contribution in [0, 0.1) is 0 Å². The van der Waals surface area contributed by atoms with Crippen LogP contribution in [-0.4, -0.2) is 22.4 Å². The Morgan fingerprint density at radius 2 is 2.21 bits per heavy atom. The monoisotopic (exact) mass is 301 g/mol. The highest BCUT2D eigenvalue weighted by Gasteiger charge is 2.24. The van der Waals surface area contributed by atoms with Gasteiger partial charge in [-0.2, -0.15) is 0 Å². The fourth-order valence-corrected chi connectivity index (χ4v) is 3.29. The minimum Gasteiger partial charge on any atom is -0.296 e. The van der Waals surface area contributed by atoms with Gasteiger partial charge in [0.15, 0.2) is 0 Å². The van der Waals surface area contributed by atoms with E-state index in [0.29, 0.717) is 6.04 Å². The van der Waals surface area contributed by atoms with Gasteiger partial charge in [0.2, 0.25) is 0 Å². The van der Waals surface area contributed by atoms with E-state index in [9.17, 15) is 0 Å². The van der Waals surface area contributed by atoms with Gasteiger partial charge in [-0.05, 0) is 24.1 Å². The van der Waals surface area contributed by atoms with E-state index >= 15 is 0 Å². The summed E-state index contributed by atoms with van der Waals surface area (Å²) in [6.07, 6.45) is 1.22. The van der Waals surface area contributed by atoms with Gasteiger partial charge in [-0.15, -0.1) is 0 Å². The summed E-state index contributed by atoms with van der Waals surface area (Å²) in [5.74, 6) is 0. The van der Waals surface area contributed by atoms with Gasteiger partial charge >= 0.3 is 0 Å². The summed E-state index contributed by atoms with van der Waals surface area (Å²) in [5, 5.41) is 0. The molecule has 76 valence electrons. The number of likely N-dealkylation sites (N-methyl/N-ethyl adjacent to an activating group) is 1. The van der Waals surface area contributed by atoms with Crippen molar-refractivity contribution in [3.05, 3.63) is 35.4 Å². The second-order valence-electron chi connectivity index (χ2n) is 3.75. The molecule has 1 unspecified atom stereocenters. The average molecular weight is 301 g/mol. The van der Waals surface area contributed by atoms with Crippen molar-refractivity contribution in [1.29, 1.82) is 0 Å². The molecule has 0 bridgehead atoms. The van der Waals surface area contributed by atoms with Crippen molar-refractivity contribution < 1.29 is 0 Å². The maximum absolute atomic E-state index is 2.58. The number of rotatable bonds is 2. The van der Waals surface area contributed by atoms with E-state index in [-0.39, 0.29) is 0 Å². The van der Waals surface area contributed by atoms with Gasteiger partial charge in [0.05, 0.1) is 0 Å². The lowest BCUT2D eigenvalue weighted by Gasteiger charge is -2.35. The van der Waals surface area contributed by atoms with Gasteiger partial charge in [-0.3, -0.25) is 4.90 Å². The summed E-state index contributed by atoms with van der Waals surface area (Å²) in [6, 6.07) is 9.54. The van der Waals surface area contributed by atoms with Crippen LogP contribution in [0.1, 0.15) is 24.1 Å². The fourth-order valence-electron chi connectivity index (χ4n) is 2.26. The predicted molar refractivity (Wildman–Crippen MR) is 69.0 cm³/mol. The van der Waals surface area contributed by atoms with E-state index < -0.39 is 0 Å². The molecule has 1 aromatic rings. The standard InChI is InChI=1S/C12H16IN/c1-2-14-8-7-10-5-3-4-6-11(10)12(14)9-13/h3-6,12H,2,7-9H2,1H3. The first-order valence-corrected chi connectivity index (χ1v) is 6.77. The molecule has 1 heterocycles. The molecule has 0 aromatic heterocycles. The van der Waals surface area contributed by atoms with Crippen molar-refractivity contribution in [2.24, 2.45) is 0 Å². The van der Waals surface area contributed by atoms with Crippen LogP contribution in [0.3, 0.4) is 0 Å². The Labute approximate surface area is 99.6 Å². The molecule has 1 atom stereocenters. The van der Waals surface area contributed by atoms with Crippen LogP contribution in [0.5, 0.6) is 0 Å². The maximum atomic E-state index is 2.58. The predicted octanol–water partition coefficient (Wildman–Crippen LogP) is 3.04. The quantitative estimate of drug-likeness (QED) is 0.599. The molecule has 0 spiro atoms. The SMILES string of the molecule is CCN1CCc2ccccc2C1CI. The van der Waals surface area contributed by atoms with Crippen molar-refractivity contribution in [1.82, 2.24) is 4.90 Å². The van der Waals surface area contributed by atoms with Crippen LogP contribution < -0.4 is 0 Å². The molecule has 1 aliphatic rings. The molecule has 0 amide bonds. The summed E-state index contributed by atoms with van der Waals surface area (Å²) in [6.45, 7) is 4.65. The van der Waals surface area contributed by atoms with Gasteiger partial charge in [-0.1, -0.05) is 53.8 Å². The number of benzene rings is 1. The lowest BCUT2D eigenvalue weighted by atomic mass is 9.94. The summed E-state index contributed by atoms with van der Waals surface area (Å²) < 4.78 is 1.20. The molecule has 0 radical (unpaired) electrons. The number of alkyl halides is 1. The summed E-state index contributed by atoms with van der Waals surface area (Å²) in [5.41, 5.74) is 3.11. The topological polar surface area (TPSA) is 3.24 Å². The van der Waals surface area contributed by atoms with Crippen molar-refractivity contribution in [3.63, 3.8) is 0 Å². The third kappa shape index (κ3) is 1.82. The Kier molecular flexibility index (Phi) is 3.44. The molecule has 2 heteroatoms. The van der Waals surface area contributed by atoms with Gasteiger partial charge in [-0.25, -0.2) is 0 Å². The molecule has 0 N–H and O–H groups in total. The van der Waals surface area contributed by atoms with Gasteiger partial charge < -0.3 is 0 Å². The molecule has 1 nitrogen and oxygen atoms in total. The van der Waals surface area contributed by atoms with Gasteiger partial charge in [0.25, 0.3) is 0 Å². The van der Waals surface area contributed by atoms with E-state index in [1.54, 1.807) is 11.1 Å². The Balaban J connectivity index is 2.34. The zero-order valence-corrected chi connectivity index (χ0v) is 10.7.